The molecule has 0 aliphatic heterocycles. The summed E-state index contributed by atoms with van der Waals surface area (Å²) in [5.41, 5.74) is 6.77. The predicted molar refractivity (Wildman–Crippen MR) is 160 cm³/mol. The van der Waals surface area contributed by atoms with E-state index < -0.39 is 15.9 Å². The van der Waals surface area contributed by atoms with Gasteiger partial charge in [-0.05, 0) is 99.0 Å². The Hall–Kier alpha value is -4.01. The van der Waals surface area contributed by atoms with Gasteiger partial charge in [-0.3, -0.25) is 9.10 Å². The van der Waals surface area contributed by atoms with Crippen LogP contribution in [0.4, 0.5) is 11.4 Å². The van der Waals surface area contributed by atoms with Crippen molar-refractivity contribution in [3.63, 3.8) is 0 Å². The van der Waals surface area contributed by atoms with Gasteiger partial charge in [-0.2, -0.15) is 0 Å². The molecule has 0 saturated carbocycles. The molecule has 5 rings (SSSR count). The molecule has 0 bridgehead atoms. The number of benzene rings is 4. The first-order chi connectivity index (χ1) is 18.6. The van der Waals surface area contributed by atoms with Gasteiger partial charge >= 0.3 is 0 Å². The van der Waals surface area contributed by atoms with Gasteiger partial charge in [0, 0.05) is 11.3 Å². The second kappa shape index (κ2) is 10.6. The zero-order valence-electron chi connectivity index (χ0n) is 22.2. The number of rotatable bonds is 7. The lowest BCUT2D eigenvalue weighted by molar-refractivity contribution is -0.114. The standard InChI is InChI=1S/C31H29N3O3S2/c1-20-6-14-26(15-7-20)39(36,37)34(28-17-21(2)5-9-23(28)4)19-30(35)32-25-12-10-24(11-13-25)31-33-27-16-8-22(3)18-29(27)38-31/h5-18H,19H2,1-4H3,(H,32,35). The minimum absolute atomic E-state index is 0.136. The van der Waals surface area contributed by atoms with Crippen molar-refractivity contribution >= 4 is 48.9 Å². The number of carbonyl (C=O) groups is 1. The monoisotopic (exact) mass is 555 g/mol. The number of anilines is 2. The predicted octanol–water partition coefficient (Wildman–Crippen LogP) is 7.03. The molecule has 6 nitrogen and oxygen atoms in total. The quantitative estimate of drug-likeness (QED) is 0.234. The molecule has 198 valence electrons. The van der Waals surface area contributed by atoms with E-state index in [0.29, 0.717) is 11.4 Å². The van der Waals surface area contributed by atoms with Crippen molar-refractivity contribution < 1.29 is 13.2 Å². The number of nitrogens with one attached hydrogen (secondary N) is 1. The average molecular weight is 556 g/mol. The van der Waals surface area contributed by atoms with Crippen molar-refractivity contribution in [3.8, 4) is 10.6 Å². The molecular formula is C31H29N3O3S2. The summed E-state index contributed by atoms with van der Waals surface area (Å²) < 4.78 is 29.8. The number of nitrogens with zero attached hydrogens (tertiary/aromatic N) is 2. The molecule has 0 saturated heterocycles. The van der Waals surface area contributed by atoms with Crippen molar-refractivity contribution in [3.05, 3.63) is 107 Å². The smallest absolute Gasteiger partial charge is 0.264 e. The Morgan fingerprint density at radius 1 is 0.821 bits per heavy atom. The molecule has 0 fully saturated rings. The van der Waals surface area contributed by atoms with Crippen LogP contribution in [0.1, 0.15) is 22.3 Å². The first kappa shape index (κ1) is 26.6. The lowest BCUT2D eigenvalue weighted by Crippen LogP contribution is -2.38. The summed E-state index contributed by atoms with van der Waals surface area (Å²) in [6, 6.07) is 25.8. The molecule has 0 radical (unpaired) electrons. The minimum Gasteiger partial charge on any atom is -0.325 e. The molecule has 0 aliphatic rings. The van der Waals surface area contributed by atoms with E-state index in [1.165, 1.54) is 9.87 Å². The SMILES string of the molecule is Cc1ccc(S(=O)(=O)N(CC(=O)Nc2ccc(-c3nc4ccc(C)cc4s3)cc2)c2cc(C)ccc2C)cc1. The van der Waals surface area contributed by atoms with Crippen molar-refractivity contribution in [2.75, 3.05) is 16.2 Å². The molecule has 39 heavy (non-hydrogen) atoms. The fraction of sp³-hybridized carbons (Fsp3) is 0.161. The van der Waals surface area contributed by atoms with Crippen molar-refractivity contribution in [1.82, 2.24) is 4.98 Å². The van der Waals surface area contributed by atoms with Gasteiger partial charge in [0.05, 0.1) is 20.8 Å². The Morgan fingerprint density at radius 3 is 2.18 bits per heavy atom. The number of carbonyl (C=O) groups excluding carboxylic acids is 1. The third kappa shape index (κ3) is 5.72. The van der Waals surface area contributed by atoms with Gasteiger partial charge in [0.2, 0.25) is 5.91 Å². The van der Waals surface area contributed by atoms with Gasteiger partial charge in [-0.25, -0.2) is 13.4 Å². The summed E-state index contributed by atoms with van der Waals surface area (Å²) in [6.45, 7) is 7.33. The number of sulfonamides is 1. The molecule has 1 N–H and O–H groups in total. The zero-order valence-corrected chi connectivity index (χ0v) is 23.9. The van der Waals surface area contributed by atoms with E-state index in [1.807, 2.05) is 57.2 Å². The lowest BCUT2D eigenvalue weighted by atomic mass is 10.1. The number of amides is 1. The van der Waals surface area contributed by atoms with E-state index in [4.69, 9.17) is 4.98 Å². The molecule has 4 aromatic carbocycles. The molecule has 5 aromatic rings. The summed E-state index contributed by atoms with van der Waals surface area (Å²) in [7, 11) is -3.99. The van der Waals surface area contributed by atoms with E-state index in [-0.39, 0.29) is 11.4 Å². The molecule has 0 aliphatic carbocycles. The number of aromatic nitrogens is 1. The lowest BCUT2D eigenvalue weighted by Gasteiger charge is -2.26. The summed E-state index contributed by atoms with van der Waals surface area (Å²) in [4.78, 5) is 18.1. The highest BCUT2D eigenvalue weighted by atomic mass is 32.2. The summed E-state index contributed by atoms with van der Waals surface area (Å²) in [5, 5.41) is 3.76. The molecule has 1 aromatic heterocycles. The summed E-state index contributed by atoms with van der Waals surface area (Å²) in [5.74, 6) is -0.435. The van der Waals surface area contributed by atoms with Gasteiger partial charge in [0.15, 0.2) is 0 Å². The summed E-state index contributed by atoms with van der Waals surface area (Å²) >= 11 is 1.62. The Labute approximate surface area is 233 Å². The Morgan fingerprint density at radius 2 is 1.46 bits per heavy atom. The normalized spacial score (nSPS) is 11.5. The number of hydrogen-bond acceptors (Lipinski definition) is 5. The number of thiazole rings is 1. The van der Waals surface area contributed by atoms with Crippen LogP contribution in [-0.4, -0.2) is 25.9 Å². The fourth-order valence-electron chi connectivity index (χ4n) is 4.31. The molecule has 8 heteroatoms. The van der Waals surface area contributed by atoms with Crippen LogP contribution in [0.3, 0.4) is 0 Å². The van der Waals surface area contributed by atoms with Gasteiger partial charge in [0.1, 0.15) is 11.6 Å². The van der Waals surface area contributed by atoms with Gasteiger partial charge in [-0.15, -0.1) is 11.3 Å². The summed E-state index contributed by atoms with van der Waals surface area (Å²) in [6.07, 6.45) is 0. The maximum absolute atomic E-state index is 13.7. The molecule has 0 spiro atoms. The first-order valence-corrected chi connectivity index (χ1v) is 14.8. The molecular weight excluding hydrogens is 526 g/mol. The van der Waals surface area contributed by atoms with Crippen LogP contribution in [0.5, 0.6) is 0 Å². The number of hydrogen-bond donors (Lipinski definition) is 1. The van der Waals surface area contributed by atoms with Crippen LogP contribution >= 0.6 is 11.3 Å². The highest BCUT2D eigenvalue weighted by Gasteiger charge is 2.28. The third-order valence-corrected chi connectivity index (χ3v) is 9.33. The van der Waals surface area contributed by atoms with Crippen molar-refractivity contribution in [2.24, 2.45) is 0 Å². The maximum atomic E-state index is 13.7. The Bertz CT molecular complexity index is 1770. The van der Waals surface area contributed by atoms with Crippen LogP contribution in [0.25, 0.3) is 20.8 Å². The van der Waals surface area contributed by atoms with Crippen LogP contribution < -0.4 is 9.62 Å². The van der Waals surface area contributed by atoms with E-state index in [0.717, 1.165) is 37.5 Å². The fourth-order valence-corrected chi connectivity index (χ4v) is 6.85. The highest BCUT2D eigenvalue weighted by molar-refractivity contribution is 7.92. The van der Waals surface area contributed by atoms with E-state index in [2.05, 4.69) is 18.3 Å². The number of fused-ring (bicyclic) bond motifs is 1. The Balaban J connectivity index is 1.39. The van der Waals surface area contributed by atoms with Crippen molar-refractivity contribution in [1.29, 1.82) is 0 Å². The molecule has 0 atom stereocenters. The van der Waals surface area contributed by atoms with E-state index in [9.17, 15) is 13.2 Å². The topological polar surface area (TPSA) is 79.4 Å². The molecule has 0 unspecified atom stereocenters. The largest absolute Gasteiger partial charge is 0.325 e. The van der Waals surface area contributed by atoms with Gasteiger partial charge in [-0.1, -0.05) is 35.9 Å². The third-order valence-electron chi connectivity index (χ3n) is 6.49. The second-order valence-electron chi connectivity index (χ2n) is 9.73. The van der Waals surface area contributed by atoms with Gasteiger partial charge in [0.25, 0.3) is 10.0 Å². The highest BCUT2D eigenvalue weighted by Crippen LogP contribution is 2.32. The molecule has 1 amide bonds. The van der Waals surface area contributed by atoms with Crippen LogP contribution in [0.2, 0.25) is 0 Å². The van der Waals surface area contributed by atoms with E-state index >= 15 is 0 Å². The van der Waals surface area contributed by atoms with Crippen LogP contribution in [0, 0.1) is 27.7 Å². The molecule has 1 heterocycles. The minimum atomic E-state index is -3.99. The van der Waals surface area contributed by atoms with Crippen LogP contribution in [-0.2, 0) is 14.8 Å². The second-order valence-corrected chi connectivity index (χ2v) is 12.6. The van der Waals surface area contributed by atoms with Gasteiger partial charge < -0.3 is 5.32 Å². The van der Waals surface area contributed by atoms with Crippen LogP contribution in [0.15, 0.2) is 89.8 Å². The maximum Gasteiger partial charge on any atom is 0.264 e. The Kier molecular flexibility index (Phi) is 7.25. The first-order valence-electron chi connectivity index (χ1n) is 12.5. The van der Waals surface area contributed by atoms with E-state index in [1.54, 1.807) is 53.8 Å². The average Bonchev–Trinajstić information content (AvgIpc) is 3.32. The van der Waals surface area contributed by atoms with Crippen molar-refractivity contribution in [2.45, 2.75) is 32.6 Å². The number of aryl methyl sites for hydroxylation is 4. The zero-order chi connectivity index (χ0) is 27.7.